The maximum absolute atomic E-state index is 13.7. The van der Waals surface area contributed by atoms with Gasteiger partial charge in [0.25, 0.3) is 11.8 Å². The van der Waals surface area contributed by atoms with Crippen molar-refractivity contribution in [2.75, 3.05) is 9.80 Å². The van der Waals surface area contributed by atoms with Gasteiger partial charge in [-0.1, -0.05) is 91.2 Å². The number of rotatable bonds is 10. The lowest BCUT2D eigenvalue weighted by atomic mass is 10.0. The zero-order chi connectivity index (χ0) is 30.1. The Hall–Kier alpha value is -3.26. The number of hydrogen-bond acceptors (Lipinski definition) is 8. The molecule has 2 unspecified atom stereocenters. The molecule has 2 atom stereocenters. The van der Waals surface area contributed by atoms with Crippen molar-refractivity contribution in [3.63, 3.8) is 0 Å². The van der Waals surface area contributed by atoms with Crippen LogP contribution < -0.4 is 9.80 Å². The first-order valence-corrected chi connectivity index (χ1v) is 14.5. The highest BCUT2D eigenvalue weighted by molar-refractivity contribution is 8.11. The second-order valence-electron chi connectivity index (χ2n) is 9.75. The van der Waals surface area contributed by atoms with Gasteiger partial charge >= 0.3 is 0 Å². The molecule has 2 aliphatic rings. The van der Waals surface area contributed by atoms with Crippen LogP contribution in [0.1, 0.15) is 24.0 Å². The van der Waals surface area contributed by atoms with Crippen molar-refractivity contribution in [3.8, 4) is 0 Å². The van der Waals surface area contributed by atoms with E-state index in [1.165, 1.54) is 24.3 Å². The van der Waals surface area contributed by atoms with E-state index in [9.17, 15) is 19.2 Å². The van der Waals surface area contributed by atoms with E-state index in [4.69, 9.17) is 33.9 Å². The number of benzene rings is 3. The maximum Gasteiger partial charge on any atom is 0.272 e. The summed E-state index contributed by atoms with van der Waals surface area (Å²) in [5.41, 5.74) is -1.69. The lowest BCUT2D eigenvalue weighted by Gasteiger charge is -2.27. The van der Waals surface area contributed by atoms with E-state index >= 15 is 0 Å². The van der Waals surface area contributed by atoms with Gasteiger partial charge in [-0.05, 0) is 29.3 Å². The van der Waals surface area contributed by atoms with Gasteiger partial charge in [-0.2, -0.15) is 0 Å². The topological polar surface area (TPSA) is 93.2 Å². The van der Waals surface area contributed by atoms with E-state index in [0.717, 1.165) is 20.9 Å². The molecule has 2 heterocycles. The number of carbonyl (C=O) groups excluding carboxylic acids is 4. The zero-order valence-corrected chi connectivity index (χ0v) is 25.4. The summed E-state index contributed by atoms with van der Waals surface area (Å²) in [5, 5.41) is 0. The van der Waals surface area contributed by atoms with Crippen molar-refractivity contribution in [2.24, 2.45) is 0 Å². The zero-order valence-electron chi connectivity index (χ0n) is 22.0. The van der Waals surface area contributed by atoms with Gasteiger partial charge in [-0.3, -0.25) is 19.2 Å². The van der Waals surface area contributed by atoms with E-state index in [0.29, 0.717) is 0 Å². The van der Waals surface area contributed by atoms with Gasteiger partial charge in [0, 0.05) is 0 Å². The lowest BCUT2D eigenvalue weighted by molar-refractivity contribution is -0.133. The molecule has 12 heteroatoms. The Labute approximate surface area is 263 Å². The molecule has 3 aromatic rings. The van der Waals surface area contributed by atoms with Gasteiger partial charge in [0.05, 0.1) is 45.8 Å². The van der Waals surface area contributed by atoms with E-state index in [1.54, 1.807) is 0 Å². The average Bonchev–Trinajstić information content (AvgIpc) is 3.40. The summed E-state index contributed by atoms with van der Waals surface area (Å²) in [6.07, 6.45) is -0.700. The van der Waals surface area contributed by atoms with Crippen molar-refractivity contribution < 1.29 is 28.7 Å². The second-order valence-corrected chi connectivity index (χ2v) is 12.1. The number of anilines is 2. The van der Waals surface area contributed by atoms with Crippen LogP contribution in [-0.4, -0.2) is 43.2 Å². The summed E-state index contributed by atoms with van der Waals surface area (Å²) in [7, 11) is 0. The summed E-state index contributed by atoms with van der Waals surface area (Å²) in [6.45, 7) is 0.0554. The summed E-state index contributed by atoms with van der Waals surface area (Å²) < 4.78 is 11.8. The number of nitrogens with zero attached hydrogens (tertiary/aromatic N) is 2. The summed E-state index contributed by atoms with van der Waals surface area (Å²) in [5.74, 6) is -2.57. The van der Waals surface area contributed by atoms with Crippen LogP contribution in [0.2, 0.25) is 0 Å². The minimum Gasteiger partial charge on any atom is -0.354 e. The van der Waals surface area contributed by atoms with E-state index in [-0.39, 0.29) is 45.8 Å². The molecule has 3 aromatic carbocycles. The van der Waals surface area contributed by atoms with Crippen LogP contribution in [0.15, 0.2) is 84.9 Å². The summed E-state index contributed by atoms with van der Waals surface area (Å²) >= 11 is 19.1. The molecular formula is C30H24N2O6S4. The van der Waals surface area contributed by atoms with Crippen molar-refractivity contribution in [2.45, 2.75) is 37.3 Å². The second kappa shape index (κ2) is 12.2. The van der Waals surface area contributed by atoms with Gasteiger partial charge in [0.15, 0.2) is 11.2 Å². The van der Waals surface area contributed by atoms with Gasteiger partial charge in [-0.15, -0.1) is 25.3 Å². The smallest absolute Gasteiger partial charge is 0.272 e. The fourth-order valence-electron chi connectivity index (χ4n) is 4.86. The number of thiol groups is 2. The molecule has 8 nitrogen and oxygen atoms in total. The molecule has 0 N–H and O–H groups in total. The Balaban J connectivity index is 1.42. The van der Waals surface area contributed by atoms with Gasteiger partial charge in [0.2, 0.25) is 11.8 Å². The predicted molar refractivity (Wildman–Crippen MR) is 172 cm³/mol. The Bertz CT molecular complexity index is 1490. The molecule has 2 fully saturated rings. The highest BCUT2D eigenvalue weighted by Crippen LogP contribution is 2.39. The molecule has 2 saturated heterocycles. The standard InChI is InChI=1S/C30H24N2O6S4/c33-23-15-29(27(39)40,37-17-19-8-3-1-4-9-19)25(35)31(23)21-12-7-13-22(14-21)32-24(34)16-30(26(32)36,28(41)42)38-18-20-10-5-2-6-11-20/h1-14H,15-18H2,(H,39,40)(H,41,42). The largest absolute Gasteiger partial charge is 0.354 e. The molecule has 2 aliphatic heterocycles. The van der Waals surface area contributed by atoms with Crippen molar-refractivity contribution in [1.82, 2.24) is 0 Å². The first-order valence-electron chi connectivity index (χ1n) is 12.8. The fourth-order valence-corrected chi connectivity index (χ4v) is 5.78. The Kier molecular flexibility index (Phi) is 8.74. The molecule has 0 bridgehead atoms. The fraction of sp³-hybridized carbons (Fsp3) is 0.200. The molecule has 4 amide bonds. The van der Waals surface area contributed by atoms with Gasteiger partial charge in [-0.25, -0.2) is 9.80 Å². The summed E-state index contributed by atoms with van der Waals surface area (Å²) in [4.78, 5) is 55.8. The average molecular weight is 637 g/mol. The van der Waals surface area contributed by atoms with Crippen molar-refractivity contribution in [1.29, 1.82) is 0 Å². The van der Waals surface area contributed by atoms with E-state index < -0.39 is 34.8 Å². The number of thiocarbonyl (C=S) groups is 2. The van der Waals surface area contributed by atoms with Crippen LogP contribution in [0, 0.1) is 0 Å². The van der Waals surface area contributed by atoms with Crippen molar-refractivity contribution in [3.05, 3.63) is 96.1 Å². The predicted octanol–water partition coefficient (Wildman–Crippen LogP) is 4.64. The van der Waals surface area contributed by atoms with Crippen molar-refractivity contribution >= 4 is 93.1 Å². The third-order valence-corrected chi connectivity index (χ3v) is 8.47. The van der Waals surface area contributed by atoms with Gasteiger partial charge < -0.3 is 9.47 Å². The lowest BCUT2D eigenvalue weighted by Crippen LogP contribution is -2.47. The molecule has 0 aromatic heterocycles. The Morgan fingerprint density at radius 3 is 1.38 bits per heavy atom. The minimum atomic E-state index is -1.76. The van der Waals surface area contributed by atoms with Crippen LogP contribution in [0.3, 0.4) is 0 Å². The number of carbonyl (C=O) groups is 4. The van der Waals surface area contributed by atoms with Gasteiger partial charge in [0.1, 0.15) is 0 Å². The highest BCUT2D eigenvalue weighted by Gasteiger charge is 2.57. The van der Waals surface area contributed by atoms with Crippen LogP contribution in [0.5, 0.6) is 0 Å². The highest BCUT2D eigenvalue weighted by atomic mass is 32.1. The Morgan fingerprint density at radius 1 is 0.643 bits per heavy atom. The normalized spacial score (nSPS) is 22.2. The minimum absolute atomic E-state index is 0.0277. The quantitative estimate of drug-likeness (QED) is 0.189. The first kappa shape index (κ1) is 30.2. The van der Waals surface area contributed by atoms with Crippen LogP contribution in [0.25, 0.3) is 0 Å². The Morgan fingerprint density at radius 2 is 1.02 bits per heavy atom. The molecule has 0 spiro atoms. The molecule has 0 aliphatic carbocycles. The first-order chi connectivity index (χ1) is 20.1. The molecular weight excluding hydrogens is 613 g/mol. The van der Waals surface area contributed by atoms with Crippen LogP contribution >= 0.6 is 49.7 Å². The molecule has 5 rings (SSSR count). The molecule has 42 heavy (non-hydrogen) atoms. The van der Waals surface area contributed by atoms with Crippen LogP contribution in [-0.2, 0) is 41.9 Å². The molecule has 0 saturated carbocycles. The number of ether oxygens (including phenoxy) is 2. The molecule has 214 valence electrons. The van der Waals surface area contributed by atoms with E-state index in [2.05, 4.69) is 25.3 Å². The molecule has 0 radical (unpaired) electrons. The third kappa shape index (κ3) is 5.46. The monoisotopic (exact) mass is 636 g/mol. The van der Waals surface area contributed by atoms with Crippen LogP contribution in [0.4, 0.5) is 11.4 Å². The number of amides is 4. The summed E-state index contributed by atoms with van der Waals surface area (Å²) in [6, 6.07) is 24.2. The SMILES string of the molecule is O=C1CC(OCc2ccccc2)(C(=S)S)C(=O)N1c1cccc(N2C(=O)CC(OCc3ccccc3)(C(=S)S)C2=O)c1. The van der Waals surface area contributed by atoms with E-state index in [1.807, 2.05) is 60.7 Å². The maximum atomic E-state index is 13.7. The number of hydrogen-bond donors (Lipinski definition) is 2. The third-order valence-electron chi connectivity index (χ3n) is 7.09. The number of imide groups is 2.